The summed E-state index contributed by atoms with van der Waals surface area (Å²) in [6, 6.07) is 11.4. The molecule has 2 amide bonds. The number of halogens is 1. The number of amides is 2. The Morgan fingerprint density at radius 3 is 2.54 bits per heavy atom. The van der Waals surface area contributed by atoms with E-state index in [0.29, 0.717) is 23.5 Å². The number of rotatable bonds is 11. The molecule has 0 spiro atoms. The number of methoxy groups -OCH3 is 1. The molecule has 1 fully saturated rings. The molecule has 13 heteroatoms. The van der Waals surface area contributed by atoms with E-state index in [2.05, 4.69) is 10.0 Å². The largest absolute Gasteiger partial charge is 0.469 e. The predicted molar refractivity (Wildman–Crippen MR) is 145 cm³/mol. The Morgan fingerprint density at radius 2 is 1.85 bits per heavy atom. The van der Waals surface area contributed by atoms with Crippen LogP contribution in [0.3, 0.4) is 0 Å². The Morgan fingerprint density at radius 1 is 1.13 bits per heavy atom. The standard InChI is InChI=1S/C26H34FN5O6S/c1-38-26(35)15-22-16-31(17-24(33)29-20-7-5-8-21(14-20)30-39(2,36)37)10-11-32(22)25(34)13-19(28)12-18-6-3-4-9-23(18)27/h3-9,14,19,22,30H,10-13,15-17,28H2,1-2H3,(H,29,33)/t19-,22?/m1/s1. The fourth-order valence-electron chi connectivity index (χ4n) is 4.48. The molecule has 2 aromatic carbocycles. The van der Waals surface area contributed by atoms with Crippen molar-refractivity contribution in [3.05, 3.63) is 59.9 Å². The topological polar surface area (TPSA) is 151 Å². The highest BCUT2D eigenvalue weighted by Crippen LogP contribution is 2.19. The van der Waals surface area contributed by atoms with E-state index < -0.39 is 28.1 Å². The van der Waals surface area contributed by atoms with Gasteiger partial charge in [0.2, 0.25) is 21.8 Å². The number of nitrogens with two attached hydrogens (primary N) is 1. The maximum Gasteiger partial charge on any atom is 0.307 e. The first-order valence-corrected chi connectivity index (χ1v) is 14.3. The van der Waals surface area contributed by atoms with Crippen LogP contribution in [0.4, 0.5) is 15.8 Å². The number of hydrogen-bond donors (Lipinski definition) is 3. The van der Waals surface area contributed by atoms with Crippen LogP contribution in [0.25, 0.3) is 0 Å². The summed E-state index contributed by atoms with van der Waals surface area (Å²) in [5.74, 6) is -1.47. The Hall–Kier alpha value is -3.55. The highest BCUT2D eigenvalue weighted by atomic mass is 32.2. The van der Waals surface area contributed by atoms with Crippen LogP contribution in [0.1, 0.15) is 18.4 Å². The fraction of sp³-hybridized carbons (Fsp3) is 0.423. The van der Waals surface area contributed by atoms with E-state index >= 15 is 0 Å². The van der Waals surface area contributed by atoms with Gasteiger partial charge in [0.15, 0.2) is 0 Å². The molecule has 0 aliphatic carbocycles. The third kappa shape index (κ3) is 9.61. The molecule has 2 aromatic rings. The molecule has 11 nitrogen and oxygen atoms in total. The molecule has 39 heavy (non-hydrogen) atoms. The molecular formula is C26H34FN5O6S. The molecule has 212 valence electrons. The maximum atomic E-state index is 14.0. The molecule has 1 aliphatic heterocycles. The van der Waals surface area contributed by atoms with Gasteiger partial charge in [-0.25, -0.2) is 12.8 Å². The number of anilines is 2. The third-order valence-electron chi connectivity index (χ3n) is 6.21. The monoisotopic (exact) mass is 563 g/mol. The molecule has 1 aliphatic rings. The average molecular weight is 564 g/mol. The number of carbonyl (C=O) groups is 3. The van der Waals surface area contributed by atoms with Gasteiger partial charge in [-0.3, -0.25) is 24.0 Å². The normalized spacial score (nSPS) is 16.8. The second-order valence-corrected chi connectivity index (χ2v) is 11.3. The molecule has 0 bridgehead atoms. The lowest BCUT2D eigenvalue weighted by Crippen LogP contribution is -2.57. The lowest BCUT2D eigenvalue weighted by atomic mass is 10.0. The number of benzene rings is 2. The van der Waals surface area contributed by atoms with Gasteiger partial charge in [-0.15, -0.1) is 0 Å². The van der Waals surface area contributed by atoms with Gasteiger partial charge in [0.05, 0.1) is 38.1 Å². The molecule has 1 unspecified atom stereocenters. The zero-order valence-corrected chi connectivity index (χ0v) is 22.7. The van der Waals surface area contributed by atoms with Crippen molar-refractivity contribution in [1.82, 2.24) is 9.80 Å². The maximum absolute atomic E-state index is 14.0. The van der Waals surface area contributed by atoms with E-state index in [0.717, 1.165) is 6.26 Å². The Labute approximate surface area is 227 Å². The summed E-state index contributed by atoms with van der Waals surface area (Å²) >= 11 is 0. The molecule has 0 radical (unpaired) electrons. The van der Waals surface area contributed by atoms with Crippen molar-refractivity contribution >= 4 is 39.2 Å². The first kappa shape index (κ1) is 30.0. The first-order valence-electron chi connectivity index (χ1n) is 12.4. The summed E-state index contributed by atoms with van der Waals surface area (Å²) in [5, 5.41) is 2.74. The van der Waals surface area contributed by atoms with Gasteiger partial charge in [-0.05, 0) is 36.2 Å². The summed E-state index contributed by atoms with van der Waals surface area (Å²) in [6.45, 7) is 0.908. The fourth-order valence-corrected chi connectivity index (χ4v) is 5.04. The van der Waals surface area contributed by atoms with Crippen molar-refractivity contribution in [3.8, 4) is 0 Å². The molecule has 0 saturated carbocycles. The first-order chi connectivity index (χ1) is 18.4. The molecule has 1 heterocycles. The number of nitrogens with one attached hydrogen (secondary N) is 2. The highest BCUT2D eigenvalue weighted by molar-refractivity contribution is 7.92. The number of piperazine rings is 1. The van der Waals surface area contributed by atoms with E-state index in [9.17, 15) is 27.2 Å². The smallest absolute Gasteiger partial charge is 0.307 e. The van der Waals surface area contributed by atoms with Crippen LogP contribution in [0.2, 0.25) is 0 Å². The Bertz CT molecular complexity index is 1290. The van der Waals surface area contributed by atoms with Crippen LogP contribution in [0.5, 0.6) is 0 Å². The minimum Gasteiger partial charge on any atom is -0.469 e. The van der Waals surface area contributed by atoms with Crippen molar-refractivity contribution in [3.63, 3.8) is 0 Å². The van der Waals surface area contributed by atoms with Crippen molar-refractivity contribution in [2.75, 3.05) is 49.6 Å². The van der Waals surface area contributed by atoms with Crippen LogP contribution in [0.15, 0.2) is 48.5 Å². The van der Waals surface area contributed by atoms with Gasteiger partial charge in [-0.2, -0.15) is 0 Å². The third-order valence-corrected chi connectivity index (χ3v) is 6.82. The zero-order valence-electron chi connectivity index (χ0n) is 21.9. The van der Waals surface area contributed by atoms with E-state index in [1.54, 1.807) is 41.3 Å². The molecule has 0 aromatic heterocycles. The number of carbonyl (C=O) groups excluding carboxylic acids is 3. The summed E-state index contributed by atoms with van der Waals surface area (Å²) in [7, 11) is -2.20. The van der Waals surface area contributed by atoms with Gasteiger partial charge in [0, 0.05) is 37.8 Å². The summed E-state index contributed by atoms with van der Waals surface area (Å²) < 4.78 is 44.1. The van der Waals surface area contributed by atoms with Crippen LogP contribution in [-0.4, -0.2) is 87.6 Å². The molecule has 3 rings (SSSR count). The van der Waals surface area contributed by atoms with Gasteiger partial charge in [-0.1, -0.05) is 24.3 Å². The van der Waals surface area contributed by atoms with Gasteiger partial charge in [0.1, 0.15) is 5.82 Å². The lowest BCUT2D eigenvalue weighted by Gasteiger charge is -2.41. The van der Waals surface area contributed by atoms with Crippen molar-refractivity contribution in [2.45, 2.75) is 31.3 Å². The van der Waals surface area contributed by atoms with Crippen molar-refractivity contribution in [2.24, 2.45) is 5.73 Å². The number of sulfonamides is 1. The van der Waals surface area contributed by atoms with Crippen molar-refractivity contribution < 1.29 is 31.9 Å². The van der Waals surface area contributed by atoms with E-state index in [1.807, 2.05) is 4.90 Å². The van der Waals surface area contributed by atoms with Gasteiger partial charge in [0.25, 0.3) is 0 Å². The number of esters is 1. The Balaban J connectivity index is 1.60. The second-order valence-electron chi connectivity index (χ2n) is 9.52. The Kier molecular flexibility index (Phi) is 10.4. The van der Waals surface area contributed by atoms with Crippen LogP contribution < -0.4 is 15.8 Å². The second kappa shape index (κ2) is 13.5. The van der Waals surface area contributed by atoms with Crippen LogP contribution in [0, 0.1) is 5.82 Å². The van der Waals surface area contributed by atoms with E-state index in [4.69, 9.17) is 10.5 Å². The number of nitrogens with zero attached hydrogens (tertiary/aromatic N) is 2. The SMILES string of the molecule is COC(=O)CC1CN(CC(=O)Nc2cccc(NS(C)(=O)=O)c2)CCN1C(=O)C[C@H](N)Cc1ccccc1F. The average Bonchev–Trinajstić information content (AvgIpc) is 2.84. The predicted octanol–water partition coefficient (Wildman–Crippen LogP) is 1.17. The number of hydrogen-bond acceptors (Lipinski definition) is 8. The molecular weight excluding hydrogens is 529 g/mol. The summed E-state index contributed by atoms with van der Waals surface area (Å²) in [4.78, 5) is 41.3. The lowest BCUT2D eigenvalue weighted by molar-refractivity contribution is -0.145. The quantitative estimate of drug-likeness (QED) is 0.345. The minimum atomic E-state index is -3.47. The summed E-state index contributed by atoms with van der Waals surface area (Å²) in [6.07, 6.45) is 1.15. The van der Waals surface area contributed by atoms with E-state index in [1.165, 1.54) is 19.2 Å². The molecule has 1 saturated heterocycles. The van der Waals surface area contributed by atoms with Gasteiger partial charge < -0.3 is 20.7 Å². The van der Waals surface area contributed by atoms with Gasteiger partial charge >= 0.3 is 5.97 Å². The number of ether oxygens (including phenoxy) is 1. The van der Waals surface area contributed by atoms with Crippen LogP contribution >= 0.6 is 0 Å². The van der Waals surface area contributed by atoms with Crippen LogP contribution in [-0.2, 0) is 35.6 Å². The van der Waals surface area contributed by atoms with Crippen molar-refractivity contribution in [1.29, 1.82) is 0 Å². The highest BCUT2D eigenvalue weighted by Gasteiger charge is 2.33. The zero-order chi connectivity index (χ0) is 28.6. The molecule has 4 N–H and O–H groups in total. The van der Waals surface area contributed by atoms with E-state index in [-0.39, 0.29) is 56.5 Å². The molecule has 2 atom stereocenters. The summed E-state index contributed by atoms with van der Waals surface area (Å²) in [5.41, 5.74) is 7.32. The minimum absolute atomic E-state index is 0.00374.